The first-order valence-electron chi connectivity index (χ1n) is 3.65. The third-order valence-electron chi connectivity index (χ3n) is 1.70. The molecule has 0 saturated heterocycles. The van der Waals surface area contributed by atoms with Crippen molar-refractivity contribution >= 4 is 12.3 Å². The van der Waals surface area contributed by atoms with Gasteiger partial charge in [-0.15, -0.1) is 0 Å². The Morgan fingerprint density at radius 2 is 2.00 bits per heavy atom. The largest absolute Gasteiger partial charge is 0.465 e. The Bertz CT molecular complexity index is 319. The topological polar surface area (TPSA) is 38.7 Å². The van der Waals surface area contributed by atoms with Gasteiger partial charge in [0.05, 0.1) is 0 Å². The van der Waals surface area contributed by atoms with Crippen LogP contribution in [-0.2, 0) is 9.53 Å². The predicted molar refractivity (Wildman–Crippen MR) is 43.8 cm³/mol. The predicted octanol–water partition coefficient (Wildman–Crippen LogP) is 1.31. The van der Waals surface area contributed by atoms with Crippen molar-refractivity contribution in [1.82, 2.24) is 0 Å². The summed E-state index contributed by atoms with van der Waals surface area (Å²) < 4.78 is 5.01. The van der Waals surface area contributed by atoms with Crippen molar-refractivity contribution in [1.29, 1.82) is 0 Å². The van der Waals surface area contributed by atoms with E-state index in [-0.39, 0.29) is 5.91 Å². The molecule has 1 aromatic rings. The summed E-state index contributed by atoms with van der Waals surface area (Å²) in [7, 11) is 0. The summed E-state index contributed by atoms with van der Waals surface area (Å²) in [6, 6.07) is 9.31. The number of aliphatic imine (C=N–C) groups is 1. The lowest BCUT2D eigenvalue weighted by Gasteiger charge is -2.05. The number of carbonyl (C=O) groups excluding carboxylic acids is 1. The summed E-state index contributed by atoms with van der Waals surface area (Å²) in [5.74, 6) is -0.235. The minimum absolute atomic E-state index is 0.235. The van der Waals surface area contributed by atoms with Crippen LogP contribution in [0.15, 0.2) is 35.3 Å². The van der Waals surface area contributed by atoms with E-state index in [1.165, 1.54) is 6.40 Å². The Balaban J connectivity index is 2.27. The summed E-state index contributed by atoms with van der Waals surface area (Å²) >= 11 is 0. The van der Waals surface area contributed by atoms with Crippen LogP contribution in [0, 0.1) is 0 Å². The molecule has 12 heavy (non-hydrogen) atoms. The van der Waals surface area contributed by atoms with Crippen LogP contribution >= 0.6 is 0 Å². The highest BCUT2D eigenvalue weighted by Crippen LogP contribution is 2.20. The van der Waals surface area contributed by atoms with Crippen LogP contribution in [0.1, 0.15) is 11.7 Å². The minimum atomic E-state index is -0.522. The lowest BCUT2D eigenvalue weighted by atomic mass is 10.1. The number of ether oxygens (including phenoxy) is 1. The van der Waals surface area contributed by atoms with E-state index in [1.54, 1.807) is 0 Å². The highest BCUT2D eigenvalue weighted by Gasteiger charge is 2.24. The average molecular weight is 161 g/mol. The maximum Gasteiger partial charge on any atom is 0.294 e. The number of carbonyl (C=O) groups is 1. The van der Waals surface area contributed by atoms with E-state index in [2.05, 4.69) is 4.99 Å². The third kappa shape index (κ3) is 1.09. The lowest BCUT2D eigenvalue weighted by molar-refractivity contribution is -0.122. The van der Waals surface area contributed by atoms with Gasteiger partial charge in [-0.25, -0.2) is 0 Å². The van der Waals surface area contributed by atoms with Crippen LogP contribution in [0.2, 0.25) is 0 Å². The Labute approximate surface area is 69.7 Å². The van der Waals surface area contributed by atoms with Gasteiger partial charge in [-0.05, 0) is 0 Å². The molecule has 0 spiro atoms. The molecular weight excluding hydrogens is 154 g/mol. The van der Waals surface area contributed by atoms with Gasteiger partial charge in [0, 0.05) is 5.56 Å². The van der Waals surface area contributed by atoms with Crippen molar-refractivity contribution in [2.75, 3.05) is 0 Å². The SMILES string of the molecule is O=C1N=CO[C@H]1c1ccccc1. The zero-order chi connectivity index (χ0) is 8.39. The monoisotopic (exact) mass is 161 g/mol. The Morgan fingerprint density at radius 1 is 1.25 bits per heavy atom. The fourth-order valence-electron chi connectivity index (χ4n) is 1.12. The van der Waals surface area contributed by atoms with Crippen LogP contribution in [0.5, 0.6) is 0 Å². The Hall–Kier alpha value is -1.64. The molecule has 1 atom stereocenters. The van der Waals surface area contributed by atoms with Crippen LogP contribution in [-0.4, -0.2) is 12.3 Å². The molecule has 0 bridgehead atoms. The maximum absolute atomic E-state index is 11.1. The third-order valence-corrected chi connectivity index (χ3v) is 1.70. The molecule has 0 aliphatic carbocycles. The smallest absolute Gasteiger partial charge is 0.294 e. The molecule has 1 aliphatic rings. The molecule has 0 fully saturated rings. The molecule has 0 N–H and O–H groups in total. The van der Waals surface area contributed by atoms with Crippen LogP contribution in [0.25, 0.3) is 0 Å². The van der Waals surface area contributed by atoms with Gasteiger partial charge < -0.3 is 4.74 Å². The highest BCUT2D eigenvalue weighted by atomic mass is 16.5. The number of amides is 1. The van der Waals surface area contributed by atoms with Crippen molar-refractivity contribution in [2.45, 2.75) is 6.10 Å². The van der Waals surface area contributed by atoms with E-state index in [0.717, 1.165) is 5.56 Å². The molecule has 1 aromatic carbocycles. The van der Waals surface area contributed by atoms with Crippen LogP contribution < -0.4 is 0 Å². The van der Waals surface area contributed by atoms with Crippen molar-refractivity contribution in [3.05, 3.63) is 35.9 Å². The normalized spacial score (nSPS) is 21.0. The van der Waals surface area contributed by atoms with Gasteiger partial charge in [0.15, 0.2) is 6.40 Å². The van der Waals surface area contributed by atoms with Crippen LogP contribution in [0.3, 0.4) is 0 Å². The second-order valence-corrected chi connectivity index (χ2v) is 2.50. The number of nitrogens with zero attached hydrogens (tertiary/aromatic N) is 1. The molecule has 2 rings (SSSR count). The molecule has 60 valence electrons. The molecule has 0 unspecified atom stereocenters. The van der Waals surface area contributed by atoms with Gasteiger partial charge in [-0.3, -0.25) is 4.79 Å². The van der Waals surface area contributed by atoms with Gasteiger partial charge in [-0.2, -0.15) is 4.99 Å². The van der Waals surface area contributed by atoms with Crippen molar-refractivity contribution < 1.29 is 9.53 Å². The second-order valence-electron chi connectivity index (χ2n) is 2.50. The molecule has 1 aliphatic heterocycles. The summed E-state index contributed by atoms with van der Waals surface area (Å²) in [6.07, 6.45) is 0.672. The number of hydrogen-bond acceptors (Lipinski definition) is 2. The van der Waals surface area contributed by atoms with E-state index >= 15 is 0 Å². The van der Waals surface area contributed by atoms with E-state index in [1.807, 2.05) is 30.3 Å². The minimum Gasteiger partial charge on any atom is -0.465 e. The molecule has 0 saturated carbocycles. The van der Waals surface area contributed by atoms with Gasteiger partial charge in [-0.1, -0.05) is 30.3 Å². The molecule has 0 aromatic heterocycles. The van der Waals surface area contributed by atoms with Crippen LogP contribution in [0.4, 0.5) is 0 Å². The van der Waals surface area contributed by atoms with E-state index < -0.39 is 6.10 Å². The molecular formula is C9H7NO2. The van der Waals surface area contributed by atoms with Gasteiger partial charge in [0.25, 0.3) is 5.91 Å². The van der Waals surface area contributed by atoms with E-state index in [4.69, 9.17) is 4.74 Å². The zero-order valence-electron chi connectivity index (χ0n) is 6.31. The summed E-state index contributed by atoms with van der Waals surface area (Å²) in [5.41, 5.74) is 0.847. The number of rotatable bonds is 1. The molecule has 0 radical (unpaired) electrons. The fourth-order valence-corrected chi connectivity index (χ4v) is 1.12. The standard InChI is InChI=1S/C9H7NO2/c11-9-8(12-6-10-9)7-4-2-1-3-5-7/h1-6,8H/t8-/m0/s1. The molecule has 1 amide bonds. The van der Waals surface area contributed by atoms with Gasteiger partial charge >= 0.3 is 0 Å². The highest BCUT2D eigenvalue weighted by molar-refractivity contribution is 5.92. The van der Waals surface area contributed by atoms with Crippen molar-refractivity contribution in [2.24, 2.45) is 4.99 Å². The van der Waals surface area contributed by atoms with Crippen molar-refractivity contribution in [3.63, 3.8) is 0 Å². The maximum atomic E-state index is 11.1. The van der Waals surface area contributed by atoms with Crippen molar-refractivity contribution in [3.8, 4) is 0 Å². The van der Waals surface area contributed by atoms with Gasteiger partial charge in [0.2, 0.25) is 6.10 Å². The first-order valence-corrected chi connectivity index (χ1v) is 3.65. The first-order chi connectivity index (χ1) is 5.88. The molecule has 3 nitrogen and oxygen atoms in total. The fraction of sp³-hybridized carbons (Fsp3) is 0.111. The zero-order valence-corrected chi connectivity index (χ0v) is 6.31. The van der Waals surface area contributed by atoms with E-state index in [0.29, 0.717) is 0 Å². The van der Waals surface area contributed by atoms with E-state index in [9.17, 15) is 4.79 Å². The van der Waals surface area contributed by atoms with Gasteiger partial charge in [0.1, 0.15) is 0 Å². The Morgan fingerprint density at radius 3 is 2.58 bits per heavy atom. The summed E-state index contributed by atoms with van der Waals surface area (Å²) in [5, 5.41) is 0. The molecule has 1 heterocycles. The second kappa shape index (κ2) is 2.77. The summed E-state index contributed by atoms with van der Waals surface area (Å²) in [4.78, 5) is 14.6. The summed E-state index contributed by atoms with van der Waals surface area (Å²) in [6.45, 7) is 0. The molecule has 3 heteroatoms. The first kappa shape index (κ1) is 7.03. The number of hydrogen-bond donors (Lipinski definition) is 0. The Kier molecular flexibility index (Phi) is 1.63. The lowest BCUT2D eigenvalue weighted by Crippen LogP contribution is -2.05. The average Bonchev–Trinajstić information content (AvgIpc) is 2.53. The quantitative estimate of drug-likeness (QED) is 0.622. The number of benzene rings is 1.